The zero-order valence-corrected chi connectivity index (χ0v) is 29.7. The zero-order valence-electron chi connectivity index (χ0n) is 28.1. The van der Waals surface area contributed by atoms with Gasteiger partial charge in [0.25, 0.3) is 10.1 Å². The minimum absolute atomic E-state index is 0.0666. The number of rotatable bonds is 9. The van der Waals surface area contributed by atoms with Crippen LogP contribution in [0.15, 0.2) is 113 Å². The average Bonchev–Trinajstić information content (AvgIpc) is 3.57. The minimum atomic E-state index is -4.02. The van der Waals surface area contributed by atoms with Gasteiger partial charge in [-0.3, -0.25) is 9.45 Å². The molecule has 3 heterocycles. The highest BCUT2D eigenvalue weighted by atomic mass is 35.5. The summed E-state index contributed by atoms with van der Waals surface area (Å²) in [5.74, 6) is 2.63. The van der Waals surface area contributed by atoms with Crippen LogP contribution in [0.3, 0.4) is 0 Å². The van der Waals surface area contributed by atoms with Crippen LogP contribution in [-0.2, 0) is 23.3 Å². The molecule has 4 aromatic carbocycles. The minimum Gasteiger partial charge on any atom is -0.487 e. The first-order valence-corrected chi connectivity index (χ1v) is 18.0. The van der Waals surface area contributed by atoms with Crippen molar-refractivity contribution in [3.63, 3.8) is 0 Å². The SMILES string of the molecule is CN1CCN(Cc2ccc(-c3ccc4ncnc(Nc5ccc(OCc6cccc(F)c6)c(Cl)c5)c4c3)o2)CC1.Cc1ccc(S(=O)(=O)O)cc1. The number of furan rings is 1. The van der Waals surface area contributed by atoms with Crippen LogP contribution in [0.1, 0.15) is 16.9 Å². The first kappa shape index (κ1) is 36.0. The van der Waals surface area contributed by atoms with Gasteiger partial charge in [-0.2, -0.15) is 8.42 Å². The Balaban J connectivity index is 0.000000349. The van der Waals surface area contributed by atoms with Crippen LogP contribution in [-0.4, -0.2) is 66.0 Å². The molecule has 0 amide bonds. The van der Waals surface area contributed by atoms with Gasteiger partial charge in [-0.15, -0.1) is 0 Å². The molecule has 0 atom stereocenters. The summed E-state index contributed by atoms with van der Waals surface area (Å²) in [6, 6.07) is 27.8. The third kappa shape index (κ3) is 9.69. The van der Waals surface area contributed by atoms with Gasteiger partial charge in [-0.25, -0.2) is 14.4 Å². The Morgan fingerprint density at radius 3 is 2.45 bits per heavy atom. The molecule has 1 saturated heterocycles. The molecule has 0 unspecified atom stereocenters. The summed E-state index contributed by atoms with van der Waals surface area (Å²) in [5, 5.41) is 4.65. The summed E-state index contributed by atoms with van der Waals surface area (Å²) in [6.45, 7) is 7.09. The summed E-state index contributed by atoms with van der Waals surface area (Å²) in [5.41, 5.74) is 4.20. The molecule has 0 aliphatic carbocycles. The highest BCUT2D eigenvalue weighted by Gasteiger charge is 2.16. The van der Waals surface area contributed by atoms with E-state index in [2.05, 4.69) is 38.2 Å². The van der Waals surface area contributed by atoms with E-state index in [4.69, 9.17) is 25.3 Å². The van der Waals surface area contributed by atoms with Crippen LogP contribution in [0.4, 0.5) is 15.9 Å². The van der Waals surface area contributed by atoms with Crippen molar-refractivity contribution in [1.29, 1.82) is 0 Å². The summed E-state index contributed by atoms with van der Waals surface area (Å²) >= 11 is 6.51. The predicted octanol–water partition coefficient (Wildman–Crippen LogP) is 7.99. The van der Waals surface area contributed by atoms with Gasteiger partial charge in [0, 0.05) is 42.8 Å². The average molecular weight is 730 g/mol. The predicted molar refractivity (Wildman–Crippen MR) is 196 cm³/mol. The third-order valence-corrected chi connectivity index (χ3v) is 9.52. The van der Waals surface area contributed by atoms with Gasteiger partial charge in [0.2, 0.25) is 0 Å². The molecule has 13 heteroatoms. The van der Waals surface area contributed by atoms with Gasteiger partial charge in [-0.05, 0) is 92.3 Å². The number of nitrogens with zero attached hydrogens (tertiary/aromatic N) is 4. The Hall–Kier alpha value is -4.85. The highest BCUT2D eigenvalue weighted by molar-refractivity contribution is 7.85. The molecule has 1 aliphatic rings. The van der Waals surface area contributed by atoms with Crippen LogP contribution >= 0.6 is 11.6 Å². The molecule has 51 heavy (non-hydrogen) atoms. The van der Waals surface area contributed by atoms with Crippen molar-refractivity contribution >= 4 is 44.1 Å². The molecule has 2 aromatic heterocycles. The largest absolute Gasteiger partial charge is 0.487 e. The molecule has 7 rings (SSSR count). The van der Waals surface area contributed by atoms with Crippen LogP contribution < -0.4 is 10.1 Å². The summed E-state index contributed by atoms with van der Waals surface area (Å²) in [7, 11) is -1.86. The van der Waals surface area contributed by atoms with Gasteiger partial charge in [-0.1, -0.05) is 41.4 Å². The van der Waals surface area contributed by atoms with Crippen molar-refractivity contribution in [2.75, 3.05) is 38.5 Å². The van der Waals surface area contributed by atoms with E-state index in [-0.39, 0.29) is 17.3 Å². The number of fused-ring (bicyclic) bond motifs is 1. The molecule has 10 nitrogen and oxygen atoms in total. The Morgan fingerprint density at radius 1 is 0.941 bits per heavy atom. The van der Waals surface area contributed by atoms with E-state index in [1.54, 1.807) is 36.4 Å². The van der Waals surface area contributed by atoms with E-state index >= 15 is 0 Å². The lowest BCUT2D eigenvalue weighted by molar-refractivity contribution is 0.140. The second kappa shape index (κ2) is 16.0. The molecule has 2 N–H and O–H groups in total. The number of ether oxygens (including phenoxy) is 1. The van der Waals surface area contributed by atoms with Gasteiger partial charge >= 0.3 is 0 Å². The molecule has 0 spiro atoms. The standard InChI is InChI=1S/C31H29ClFN5O2.C7H8O3S/c1-37-11-13-38(14-12-37)18-25-7-10-29(40-25)22-5-8-28-26(16-22)31(35-20-34-28)36-24-6-9-30(27(32)17-24)39-19-21-3-2-4-23(33)15-21;1-6-2-4-7(5-3-6)11(8,9)10/h2-10,15-17,20H,11-14,18-19H2,1H3,(H,34,35,36);2-5H,1H3,(H,8,9,10). The molecule has 0 radical (unpaired) electrons. The molecule has 6 aromatic rings. The maximum Gasteiger partial charge on any atom is 0.294 e. The van der Waals surface area contributed by atoms with E-state index in [1.165, 1.54) is 30.6 Å². The Kier molecular flexibility index (Phi) is 11.3. The van der Waals surface area contributed by atoms with Crippen molar-refractivity contribution in [3.8, 4) is 17.1 Å². The second-order valence-corrected chi connectivity index (χ2v) is 14.1. The first-order valence-electron chi connectivity index (χ1n) is 16.2. The number of hydrogen-bond donors (Lipinski definition) is 2. The fourth-order valence-electron chi connectivity index (χ4n) is 5.48. The molecule has 0 saturated carbocycles. The molecule has 1 fully saturated rings. The van der Waals surface area contributed by atoms with E-state index in [0.717, 1.165) is 77.5 Å². The number of likely N-dealkylation sites (N-methyl/N-ethyl adjacent to an activating group) is 1. The lowest BCUT2D eigenvalue weighted by atomic mass is 10.1. The number of anilines is 2. The maximum absolute atomic E-state index is 13.5. The van der Waals surface area contributed by atoms with Gasteiger partial charge in [0.05, 0.1) is 22.0 Å². The fraction of sp³-hybridized carbons (Fsp3) is 0.211. The number of halogens is 2. The number of hydrogen-bond acceptors (Lipinski definition) is 9. The van der Waals surface area contributed by atoms with Gasteiger partial charge in [0.1, 0.15) is 41.8 Å². The van der Waals surface area contributed by atoms with Crippen LogP contribution in [0.2, 0.25) is 5.02 Å². The fourth-order valence-corrected chi connectivity index (χ4v) is 6.20. The number of aromatic nitrogens is 2. The zero-order chi connectivity index (χ0) is 36.0. The topological polar surface area (TPSA) is 121 Å². The van der Waals surface area contributed by atoms with Crippen molar-refractivity contribution in [2.45, 2.75) is 25.0 Å². The quantitative estimate of drug-likeness (QED) is 0.142. The molecular formula is C38H37ClFN5O5S. The Bertz CT molecular complexity index is 2220. The van der Waals surface area contributed by atoms with E-state index in [1.807, 2.05) is 37.3 Å². The second-order valence-electron chi connectivity index (χ2n) is 12.3. The third-order valence-electron chi connectivity index (χ3n) is 8.35. The van der Waals surface area contributed by atoms with E-state index in [0.29, 0.717) is 16.6 Å². The van der Waals surface area contributed by atoms with Crippen molar-refractivity contribution in [1.82, 2.24) is 19.8 Å². The number of piperazine rings is 1. The van der Waals surface area contributed by atoms with Crippen molar-refractivity contribution in [2.24, 2.45) is 0 Å². The Morgan fingerprint density at radius 2 is 1.73 bits per heavy atom. The lowest BCUT2D eigenvalue weighted by Crippen LogP contribution is -2.43. The summed E-state index contributed by atoms with van der Waals surface area (Å²) in [4.78, 5) is 13.6. The molecular weight excluding hydrogens is 693 g/mol. The highest BCUT2D eigenvalue weighted by Crippen LogP contribution is 2.33. The lowest BCUT2D eigenvalue weighted by Gasteiger charge is -2.31. The van der Waals surface area contributed by atoms with Crippen LogP contribution in [0, 0.1) is 12.7 Å². The summed E-state index contributed by atoms with van der Waals surface area (Å²) in [6.07, 6.45) is 1.53. The summed E-state index contributed by atoms with van der Waals surface area (Å²) < 4.78 is 55.0. The Labute approximate surface area is 301 Å². The maximum atomic E-state index is 13.5. The van der Waals surface area contributed by atoms with E-state index in [9.17, 15) is 12.8 Å². The van der Waals surface area contributed by atoms with Crippen molar-refractivity contribution in [3.05, 3.63) is 131 Å². The normalized spacial score (nSPS) is 13.8. The van der Waals surface area contributed by atoms with E-state index < -0.39 is 10.1 Å². The van der Waals surface area contributed by atoms with Crippen LogP contribution in [0.25, 0.3) is 22.2 Å². The van der Waals surface area contributed by atoms with Gasteiger partial charge in [0.15, 0.2) is 0 Å². The molecule has 1 aliphatic heterocycles. The monoisotopic (exact) mass is 729 g/mol. The van der Waals surface area contributed by atoms with Crippen LogP contribution in [0.5, 0.6) is 5.75 Å². The first-order chi connectivity index (χ1) is 24.5. The molecule has 0 bridgehead atoms. The van der Waals surface area contributed by atoms with Gasteiger partial charge < -0.3 is 19.4 Å². The number of nitrogens with one attached hydrogen (secondary N) is 1. The smallest absolute Gasteiger partial charge is 0.294 e. The molecule has 264 valence electrons. The number of aryl methyl sites for hydroxylation is 1. The number of benzene rings is 4. The van der Waals surface area contributed by atoms with Crippen molar-refractivity contribution < 1.29 is 26.5 Å².